The van der Waals surface area contributed by atoms with Crippen molar-refractivity contribution in [2.75, 3.05) is 13.1 Å². The molecule has 1 aliphatic carbocycles. The van der Waals surface area contributed by atoms with Gasteiger partial charge in [0.25, 0.3) is 5.91 Å². The van der Waals surface area contributed by atoms with E-state index in [1.165, 1.54) is 17.5 Å². The molecule has 2 aliphatic rings. The highest BCUT2D eigenvalue weighted by atomic mass is 16.2. The minimum absolute atomic E-state index is 0.172. The third kappa shape index (κ3) is 2.43. The topological polar surface area (TPSA) is 49.0 Å². The Morgan fingerprint density at radius 3 is 3.00 bits per heavy atom. The number of hydrogen-bond acceptors (Lipinski definition) is 2. The highest BCUT2D eigenvalue weighted by molar-refractivity contribution is 5.94. The van der Waals surface area contributed by atoms with E-state index in [9.17, 15) is 4.79 Å². The number of fused-ring (bicyclic) bond motifs is 1. The summed E-state index contributed by atoms with van der Waals surface area (Å²) in [4.78, 5) is 22.4. The van der Waals surface area contributed by atoms with Gasteiger partial charge in [0.1, 0.15) is 5.82 Å². The first kappa shape index (κ1) is 13.6. The van der Waals surface area contributed by atoms with Gasteiger partial charge in [0.15, 0.2) is 0 Å². The highest BCUT2D eigenvalue weighted by Crippen LogP contribution is 2.27. The van der Waals surface area contributed by atoms with E-state index in [0.29, 0.717) is 5.92 Å². The third-order valence-corrected chi connectivity index (χ3v) is 4.96. The Morgan fingerprint density at radius 2 is 2.14 bits per heavy atom. The number of likely N-dealkylation sites (tertiary alicyclic amines) is 1. The van der Waals surface area contributed by atoms with Crippen LogP contribution in [-0.2, 0) is 12.8 Å². The molecule has 1 atom stereocenters. The fourth-order valence-corrected chi connectivity index (χ4v) is 3.77. The van der Waals surface area contributed by atoms with Crippen LogP contribution < -0.4 is 0 Å². The zero-order chi connectivity index (χ0) is 14.9. The number of aryl methyl sites for hydroxylation is 2. The molecular weight excluding hydrogens is 274 g/mol. The fourth-order valence-electron chi connectivity index (χ4n) is 3.77. The number of hydrogen-bond donors (Lipinski definition) is 1. The number of nitrogens with zero attached hydrogens (tertiary/aromatic N) is 2. The van der Waals surface area contributed by atoms with Crippen LogP contribution in [0.3, 0.4) is 0 Å². The minimum Gasteiger partial charge on any atom is -0.348 e. The Labute approximate surface area is 130 Å². The first-order valence-corrected chi connectivity index (χ1v) is 8.21. The molecule has 1 amide bonds. The molecule has 2 heterocycles. The minimum atomic E-state index is 0.172. The molecule has 1 saturated heterocycles. The van der Waals surface area contributed by atoms with Crippen molar-refractivity contribution >= 4 is 5.91 Å². The lowest BCUT2D eigenvalue weighted by molar-refractivity contribution is 0.0704. The Morgan fingerprint density at radius 1 is 1.23 bits per heavy atom. The van der Waals surface area contributed by atoms with Crippen LogP contribution in [-0.4, -0.2) is 33.9 Å². The number of carbonyl (C=O) groups is 1. The molecule has 1 unspecified atom stereocenters. The van der Waals surface area contributed by atoms with E-state index in [4.69, 9.17) is 0 Å². The molecule has 114 valence electrons. The van der Waals surface area contributed by atoms with Crippen LogP contribution >= 0.6 is 0 Å². The normalized spacial score (nSPS) is 20.9. The predicted octanol–water partition coefficient (Wildman–Crippen LogP) is 2.92. The van der Waals surface area contributed by atoms with Crippen LogP contribution in [0, 0.1) is 0 Å². The quantitative estimate of drug-likeness (QED) is 0.926. The van der Waals surface area contributed by atoms with Crippen molar-refractivity contribution in [3.63, 3.8) is 0 Å². The van der Waals surface area contributed by atoms with Gasteiger partial charge in [-0.05, 0) is 55.4 Å². The van der Waals surface area contributed by atoms with Crippen molar-refractivity contribution in [3.8, 4) is 0 Å². The lowest BCUT2D eigenvalue weighted by Gasteiger charge is -2.32. The van der Waals surface area contributed by atoms with Gasteiger partial charge in [0.05, 0.1) is 0 Å². The molecule has 1 aliphatic heterocycles. The van der Waals surface area contributed by atoms with Gasteiger partial charge in [-0.2, -0.15) is 0 Å². The van der Waals surface area contributed by atoms with Crippen LogP contribution in [0.25, 0.3) is 0 Å². The lowest BCUT2D eigenvalue weighted by Crippen LogP contribution is -2.39. The molecule has 0 spiro atoms. The Bertz CT molecular complexity index is 678. The number of imidazole rings is 1. The van der Waals surface area contributed by atoms with Crippen molar-refractivity contribution in [2.45, 2.75) is 38.0 Å². The molecule has 22 heavy (non-hydrogen) atoms. The van der Waals surface area contributed by atoms with E-state index in [1.807, 2.05) is 17.2 Å². The number of aromatic amines is 1. The SMILES string of the molecule is O=C(c1ccc2c(c1)CCC2)N1CCCC(c2ncc[nH]2)C1. The maximum absolute atomic E-state index is 12.8. The molecule has 4 rings (SSSR count). The largest absolute Gasteiger partial charge is 0.348 e. The summed E-state index contributed by atoms with van der Waals surface area (Å²) in [5.74, 6) is 1.51. The van der Waals surface area contributed by atoms with Crippen LogP contribution in [0.1, 0.15) is 52.5 Å². The second kappa shape index (κ2) is 5.59. The molecule has 1 aromatic heterocycles. The molecule has 4 nitrogen and oxygen atoms in total. The van der Waals surface area contributed by atoms with Crippen LogP contribution in [0.5, 0.6) is 0 Å². The number of aromatic nitrogens is 2. The Balaban J connectivity index is 1.52. The maximum atomic E-state index is 12.8. The summed E-state index contributed by atoms with van der Waals surface area (Å²) in [5.41, 5.74) is 3.63. The van der Waals surface area contributed by atoms with Gasteiger partial charge >= 0.3 is 0 Å². The van der Waals surface area contributed by atoms with Gasteiger partial charge in [0, 0.05) is 37.0 Å². The van der Waals surface area contributed by atoms with E-state index in [-0.39, 0.29) is 5.91 Å². The van der Waals surface area contributed by atoms with E-state index in [2.05, 4.69) is 22.1 Å². The average Bonchev–Trinajstić information content (AvgIpc) is 3.25. The summed E-state index contributed by atoms with van der Waals surface area (Å²) in [5, 5.41) is 0. The van der Waals surface area contributed by atoms with Crippen molar-refractivity contribution in [1.82, 2.24) is 14.9 Å². The molecule has 1 fully saturated rings. The summed E-state index contributed by atoms with van der Waals surface area (Å²) in [6.45, 7) is 1.62. The molecule has 0 bridgehead atoms. The number of H-pyrrole nitrogens is 1. The molecule has 0 saturated carbocycles. The fraction of sp³-hybridized carbons (Fsp3) is 0.444. The number of piperidine rings is 1. The smallest absolute Gasteiger partial charge is 0.253 e. The number of rotatable bonds is 2. The standard InChI is InChI=1S/C18H21N3O/c22-18(15-7-6-13-3-1-4-14(13)11-15)21-10-2-5-16(12-21)17-19-8-9-20-17/h6-9,11,16H,1-5,10,12H2,(H,19,20). The summed E-state index contributed by atoms with van der Waals surface area (Å²) >= 11 is 0. The van der Waals surface area contributed by atoms with Crippen LogP contribution in [0.4, 0.5) is 0 Å². The van der Waals surface area contributed by atoms with Gasteiger partial charge in [-0.1, -0.05) is 6.07 Å². The third-order valence-electron chi connectivity index (χ3n) is 4.96. The molecule has 2 aromatic rings. The average molecular weight is 295 g/mol. The zero-order valence-corrected chi connectivity index (χ0v) is 12.7. The second-order valence-corrected chi connectivity index (χ2v) is 6.40. The highest BCUT2D eigenvalue weighted by Gasteiger charge is 2.27. The van der Waals surface area contributed by atoms with Crippen molar-refractivity contribution in [2.24, 2.45) is 0 Å². The lowest BCUT2D eigenvalue weighted by atomic mass is 9.96. The van der Waals surface area contributed by atoms with Gasteiger partial charge in [-0.25, -0.2) is 4.98 Å². The monoisotopic (exact) mass is 295 g/mol. The van der Waals surface area contributed by atoms with Gasteiger partial charge in [-0.3, -0.25) is 4.79 Å². The first-order valence-electron chi connectivity index (χ1n) is 8.21. The summed E-state index contributed by atoms with van der Waals surface area (Å²) < 4.78 is 0. The molecule has 1 aromatic carbocycles. The molecule has 1 N–H and O–H groups in total. The van der Waals surface area contributed by atoms with E-state index in [1.54, 1.807) is 6.20 Å². The maximum Gasteiger partial charge on any atom is 0.253 e. The Kier molecular flexibility index (Phi) is 3.45. The number of benzene rings is 1. The predicted molar refractivity (Wildman–Crippen MR) is 84.9 cm³/mol. The van der Waals surface area contributed by atoms with E-state index < -0.39 is 0 Å². The first-order chi connectivity index (χ1) is 10.8. The number of carbonyl (C=O) groups excluding carboxylic acids is 1. The van der Waals surface area contributed by atoms with Crippen LogP contribution in [0.15, 0.2) is 30.6 Å². The molecule has 4 heteroatoms. The zero-order valence-electron chi connectivity index (χ0n) is 12.7. The van der Waals surface area contributed by atoms with E-state index >= 15 is 0 Å². The number of amides is 1. The van der Waals surface area contributed by atoms with Gasteiger partial charge in [-0.15, -0.1) is 0 Å². The summed E-state index contributed by atoms with van der Waals surface area (Å²) in [6, 6.07) is 6.26. The number of nitrogens with one attached hydrogen (secondary N) is 1. The summed E-state index contributed by atoms with van der Waals surface area (Å²) in [7, 11) is 0. The summed E-state index contributed by atoms with van der Waals surface area (Å²) in [6.07, 6.45) is 9.29. The molecule has 0 radical (unpaired) electrons. The van der Waals surface area contributed by atoms with E-state index in [0.717, 1.165) is 50.2 Å². The van der Waals surface area contributed by atoms with Gasteiger partial charge < -0.3 is 9.88 Å². The second-order valence-electron chi connectivity index (χ2n) is 6.40. The van der Waals surface area contributed by atoms with Crippen molar-refractivity contribution < 1.29 is 4.79 Å². The van der Waals surface area contributed by atoms with Crippen LogP contribution in [0.2, 0.25) is 0 Å². The van der Waals surface area contributed by atoms with Crippen molar-refractivity contribution in [1.29, 1.82) is 0 Å². The Hall–Kier alpha value is -2.10. The molecular formula is C18H21N3O. The van der Waals surface area contributed by atoms with Gasteiger partial charge in [0.2, 0.25) is 0 Å². The van der Waals surface area contributed by atoms with Crippen molar-refractivity contribution in [3.05, 3.63) is 53.1 Å².